The predicted octanol–water partition coefficient (Wildman–Crippen LogP) is 1.80. The van der Waals surface area contributed by atoms with Crippen LogP contribution < -0.4 is 17.0 Å². The Morgan fingerprint density at radius 3 is 2.40 bits per heavy atom. The number of nitrogens with zero attached hydrogens (tertiary/aromatic N) is 2. The number of hydrogen-bond acceptors (Lipinski definition) is 11. The first-order valence-corrected chi connectivity index (χ1v) is 18.1. The minimum atomic E-state index is -4.28. The fraction of sp³-hybridized carbons (Fsp3) is 0.536. The van der Waals surface area contributed by atoms with Gasteiger partial charge in [0, 0.05) is 18.8 Å². The van der Waals surface area contributed by atoms with Gasteiger partial charge in [0.05, 0.1) is 17.7 Å². The number of esters is 1. The van der Waals surface area contributed by atoms with Crippen LogP contribution in [0, 0.1) is 6.92 Å². The minimum Gasteiger partial charge on any atom is -0.459 e. The molecule has 0 amide bonds. The van der Waals surface area contributed by atoms with Crippen molar-refractivity contribution in [1.82, 2.24) is 9.13 Å². The normalized spacial score (nSPS) is 25.2. The number of aryl methyl sites for hydroxylation is 1. The Labute approximate surface area is 251 Å². The lowest BCUT2D eigenvalue weighted by Crippen LogP contribution is -2.59. The highest BCUT2D eigenvalue weighted by molar-refractivity contribution is 7.90. The van der Waals surface area contributed by atoms with Crippen LogP contribution in [0.1, 0.15) is 38.1 Å². The van der Waals surface area contributed by atoms with E-state index in [0.29, 0.717) is 0 Å². The zero-order chi connectivity index (χ0) is 32.0. The summed E-state index contributed by atoms with van der Waals surface area (Å²) in [7, 11) is -5.68. The van der Waals surface area contributed by atoms with Gasteiger partial charge in [0.1, 0.15) is 25.4 Å². The molecule has 3 heterocycles. The molecule has 43 heavy (non-hydrogen) atoms. The molecule has 1 fully saturated rings. The van der Waals surface area contributed by atoms with Gasteiger partial charge in [-0.25, -0.2) is 13.8 Å². The summed E-state index contributed by atoms with van der Waals surface area (Å²) in [4.78, 5) is 38.3. The standard InChI is InChI=1S/C28H39N3O10SSi/c1-18-13-31(26(34)30(5)24(18)33)25-23(40-43(6,7)27(2,3)4)28(20(29)17-42(35,36)41-28)21(39-25)15-37-16-22(32)38-14-19-11-9-8-10-12-19/h8-13,17,21,23,25H,14-16,29H2,1-7H3/t21-,23+,25-,28-/m1/s1. The van der Waals surface area contributed by atoms with Gasteiger partial charge >= 0.3 is 11.7 Å². The molecule has 0 saturated carbocycles. The molecule has 0 aliphatic carbocycles. The van der Waals surface area contributed by atoms with E-state index in [0.717, 1.165) is 15.5 Å². The van der Waals surface area contributed by atoms with Crippen molar-refractivity contribution in [2.45, 2.75) is 76.5 Å². The largest absolute Gasteiger partial charge is 0.459 e. The van der Waals surface area contributed by atoms with E-state index in [1.54, 1.807) is 6.92 Å². The first-order valence-electron chi connectivity index (χ1n) is 13.7. The first-order chi connectivity index (χ1) is 19.9. The zero-order valence-electron chi connectivity index (χ0n) is 25.4. The molecule has 2 aromatic rings. The van der Waals surface area contributed by atoms with Gasteiger partial charge in [-0.05, 0) is 30.6 Å². The highest BCUT2D eigenvalue weighted by atomic mass is 32.2. The highest BCUT2D eigenvalue weighted by Gasteiger charge is 2.67. The molecule has 15 heteroatoms. The zero-order valence-corrected chi connectivity index (χ0v) is 27.2. The number of rotatable bonds is 9. The summed E-state index contributed by atoms with van der Waals surface area (Å²) >= 11 is 0. The summed E-state index contributed by atoms with van der Waals surface area (Å²) in [6.45, 7) is 10.6. The summed E-state index contributed by atoms with van der Waals surface area (Å²) in [5.74, 6) is -0.657. The summed E-state index contributed by atoms with van der Waals surface area (Å²) in [6.07, 6.45) is -2.44. The van der Waals surface area contributed by atoms with Crippen LogP contribution in [0.15, 0.2) is 57.2 Å². The van der Waals surface area contributed by atoms with E-state index in [9.17, 15) is 22.8 Å². The summed E-state index contributed by atoms with van der Waals surface area (Å²) in [5, 5.41) is 0.437. The lowest BCUT2D eigenvalue weighted by atomic mass is 9.89. The third kappa shape index (κ3) is 6.42. The Kier molecular flexibility index (Phi) is 8.99. The van der Waals surface area contributed by atoms with Crippen molar-refractivity contribution in [3.05, 3.63) is 79.6 Å². The van der Waals surface area contributed by atoms with Crippen LogP contribution >= 0.6 is 0 Å². The van der Waals surface area contributed by atoms with Gasteiger partial charge < -0.3 is 24.4 Å². The number of aromatic nitrogens is 2. The molecule has 1 aromatic carbocycles. The quantitative estimate of drug-likeness (QED) is 0.242. The van der Waals surface area contributed by atoms with Crippen molar-refractivity contribution in [1.29, 1.82) is 0 Å². The third-order valence-electron chi connectivity index (χ3n) is 8.16. The Morgan fingerprint density at radius 1 is 1.16 bits per heavy atom. The maximum atomic E-state index is 13.4. The van der Waals surface area contributed by atoms with Gasteiger partial charge in [-0.15, -0.1) is 0 Å². The van der Waals surface area contributed by atoms with Gasteiger partial charge in [0.2, 0.25) is 0 Å². The third-order valence-corrected chi connectivity index (χ3v) is 13.7. The van der Waals surface area contributed by atoms with Crippen molar-refractivity contribution in [3.8, 4) is 0 Å². The van der Waals surface area contributed by atoms with Crippen LogP contribution in [-0.4, -0.2) is 62.9 Å². The predicted molar refractivity (Wildman–Crippen MR) is 159 cm³/mol. The molecular formula is C28H39N3O10SSi. The second-order valence-electron chi connectivity index (χ2n) is 12.3. The molecule has 2 aliphatic rings. The van der Waals surface area contributed by atoms with Crippen LogP contribution in [-0.2, 0) is 51.4 Å². The van der Waals surface area contributed by atoms with E-state index in [1.165, 1.54) is 17.8 Å². The summed E-state index contributed by atoms with van der Waals surface area (Å²) in [5.41, 5.74) is 4.08. The van der Waals surface area contributed by atoms with Crippen molar-refractivity contribution in [2.24, 2.45) is 12.8 Å². The maximum Gasteiger partial charge on any atom is 0.332 e. The second kappa shape index (κ2) is 11.8. The molecule has 13 nitrogen and oxygen atoms in total. The van der Waals surface area contributed by atoms with E-state index >= 15 is 0 Å². The topological polar surface area (TPSA) is 167 Å². The number of carbonyl (C=O) groups excluding carboxylic acids is 1. The van der Waals surface area contributed by atoms with E-state index < -0.39 is 66.3 Å². The Balaban J connectivity index is 1.71. The van der Waals surface area contributed by atoms with Crippen LogP contribution in [0.2, 0.25) is 18.1 Å². The molecule has 236 valence electrons. The molecule has 1 aromatic heterocycles. The average Bonchev–Trinajstić information content (AvgIpc) is 3.34. The molecule has 4 rings (SSSR count). The number of carbonyl (C=O) groups is 1. The Hall–Kier alpha value is -3.08. The minimum absolute atomic E-state index is 0.0451. The van der Waals surface area contributed by atoms with E-state index in [2.05, 4.69) is 0 Å². The molecule has 2 N–H and O–H groups in total. The van der Waals surface area contributed by atoms with Crippen molar-refractivity contribution in [3.63, 3.8) is 0 Å². The van der Waals surface area contributed by atoms with Gasteiger partial charge in [-0.1, -0.05) is 51.1 Å². The number of ether oxygens (including phenoxy) is 3. The lowest BCUT2D eigenvalue weighted by molar-refractivity contribution is -0.153. The fourth-order valence-electron chi connectivity index (χ4n) is 4.77. The number of nitrogens with two attached hydrogens (primary N) is 1. The molecular weight excluding hydrogens is 598 g/mol. The molecule has 0 bridgehead atoms. The average molecular weight is 638 g/mol. The Bertz CT molecular complexity index is 1630. The van der Waals surface area contributed by atoms with Crippen LogP contribution in [0.4, 0.5) is 0 Å². The number of hydrogen-bond donors (Lipinski definition) is 1. The monoisotopic (exact) mass is 637 g/mol. The highest BCUT2D eigenvalue weighted by Crippen LogP contribution is 2.51. The molecule has 0 radical (unpaired) electrons. The Morgan fingerprint density at radius 2 is 1.81 bits per heavy atom. The van der Waals surface area contributed by atoms with E-state index in [4.69, 9.17) is 28.6 Å². The molecule has 2 aliphatic heterocycles. The molecule has 1 spiro atoms. The van der Waals surface area contributed by atoms with Crippen molar-refractivity contribution >= 4 is 24.4 Å². The van der Waals surface area contributed by atoms with Crippen LogP contribution in [0.5, 0.6) is 0 Å². The fourth-order valence-corrected chi connectivity index (χ4v) is 7.27. The second-order valence-corrected chi connectivity index (χ2v) is 18.4. The van der Waals surface area contributed by atoms with Gasteiger partial charge in [-0.2, -0.15) is 8.42 Å². The van der Waals surface area contributed by atoms with Crippen molar-refractivity contribution < 1.29 is 36.0 Å². The molecule has 0 unspecified atom stereocenters. The summed E-state index contributed by atoms with van der Waals surface area (Å²) < 4.78 is 57.4. The molecule has 4 atom stereocenters. The number of benzene rings is 1. The van der Waals surface area contributed by atoms with Crippen LogP contribution in [0.3, 0.4) is 0 Å². The van der Waals surface area contributed by atoms with Crippen molar-refractivity contribution in [2.75, 3.05) is 13.2 Å². The maximum absolute atomic E-state index is 13.4. The first kappa shape index (κ1) is 32.8. The van der Waals surface area contributed by atoms with Gasteiger partial charge in [0.25, 0.3) is 15.7 Å². The van der Waals surface area contributed by atoms with Gasteiger partial charge in [-0.3, -0.25) is 13.9 Å². The van der Waals surface area contributed by atoms with Gasteiger partial charge in [0.15, 0.2) is 20.1 Å². The van der Waals surface area contributed by atoms with E-state index in [-0.39, 0.29) is 29.5 Å². The summed E-state index contributed by atoms with van der Waals surface area (Å²) in [6, 6.07) is 9.10. The SMILES string of the molecule is Cc1cn([C@@H]2O[C@H](COCC(=O)OCc3ccccc3)[C@@]3(OS(=O)(=O)C=C3N)[C@H]2O[Si](C)(C)C(C)(C)C)c(=O)n(C)c1=O. The van der Waals surface area contributed by atoms with E-state index in [1.807, 2.05) is 64.2 Å². The van der Waals surface area contributed by atoms with Crippen LogP contribution in [0.25, 0.3) is 0 Å². The smallest absolute Gasteiger partial charge is 0.332 e. The lowest BCUT2D eigenvalue weighted by Gasteiger charge is -2.43. The molecule has 1 saturated heterocycles.